The van der Waals surface area contributed by atoms with Crippen molar-refractivity contribution >= 4 is 38.3 Å². The average molecular weight is 365 g/mol. The quantitative estimate of drug-likeness (QED) is 0.455. The van der Waals surface area contributed by atoms with Crippen LogP contribution in [-0.2, 0) is 5.75 Å². The third-order valence-electron chi connectivity index (χ3n) is 3.78. The maximum absolute atomic E-state index is 4.32. The van der Waals surface area contributed by atoms with Crippen molar-refractivity contribution in [2.75, 3.05) is 0 Å². The molecule has 7 nitrogen and oxygen atoms in total. The van der Waals surface area contributed by atoms with Crippen molar-refractivity contribution in [3.8, 4) is 5.69 Å². The Kier molecular flexibility index (Phi) is 3.46. The zero-order valence-corrected chi connectivity index (χ0v) is 14.5. The topological polar surface area (TPSA) is 73.8 Å². The second-order valence-corrected chi connectivity index (χ2v) is 7.25. The molecule has 3 heterocycles. The van der Waals surface area contributed by atoms with Crippen LogP contribution in [0.25, 0.3) is 20.9 Å². The van der Waals surface area contributed by atoms with Crippen molar-refractivity contribution in [1.29, 1.82) is 0 Å². The Bertz CT molecular complexity index is 1160. The molecule has 5 aromatic rings. The minimum atomic E-state index is 0.604. The van der Waals surface area contributed by atoms with Gasteiger partial charge in [-0.2, -0.15) is 4.68 Å². The molecule has 0 bridgehead atoms. The first-order valence-corrected chi connectivity index (χ1v) is 9.38. The van der Waals surface area contributed by atoms with E-state index >= 15 is 0 Å². The van der Waals surface area contributed by atoms with E-state index in [1.165, 1.54) is 4.70 Å². The van der Waals surface area contributed by atoms with Gasteiger partial charge in [-0.1, -0.05) is 53.4 Å². The lowest BCUT2D eigenvalue weighted by Gasteiger charge is -2.03. The molecule has 5 rings (SSSR count). The van der Waals surface area contributed by atoms with Gasteiger partial charge in [0.2, 0.25) is 4.96 Å². The van der Waals surface area contributed by atoms with Gasteiger partial charge in [-0.25, -0.2) is 0 Å². The molecule has 3 aromatic heterocycles. The van der Waals surface area contributed by atoms with Gasteiger partial charge in [-0.3, -0.25) is 4.40 Å². The van der Waals surface area contributed by atoms with Crippen molar-refractivity contribution in [2.24, 2.45) is 0 Å². The summed E-state index contributed by atoms with van der Waals surface area (Å²) < 4.78 is 5.03. The molecule has 0 unspecified atom stereocenters. The third-order valence-corrected chi connectivity index (χ3v) is 5.71. The smallest absolute Gasteiger partial charge is 0.217 e. The van der Waals surface area contributed by atoms with Crippen LogP contribution in [0.4, 0.5) is 0 Å². The lowest BCUT2D eigenvalue weighted by atomic mass is 10.3. The van der Waals surface area contributed by atoms with Gasteiger partial charge in [-0.15, -0.1) is 15.3 Å². The maximum Gasteiger partial charge on any atom is 0.217 e. The van der Waals surface area contributed by atoms with Crippen LogP contribution in [0.3, 0.4) is 0 Å². The average Bonchev–Trinajstić information content (AvgIpc) is 3.36. The van der Waals surface area contributed by atoms with E-state index in [0.717, 1.165) is 27.1 Å². The third kappa shape index (κ3) is 2.48. The molecule has 0 fully saturated rings. The van der Waals surface area contributed by atoms with Crippen molar-refractivity contribution in [3.63, 3.8) is 0 Å². The summed E-state index contributed by atoms with van der Waals surface area (Å²) in [4.78, 5) is 0.895. The Morgan fingerprint density at radius 1 is 0.920 bits per heavy atom. The fourth-order valence-electron chi connectivity index (χ4n) is 2.64. The number of tetrazole rings is 1. The number of hydrogen-bond acceptors (Lipinski definition) is 7. The molecule has 2 aromatic carbocycles. The molecule has 0 amide bonds. The summed E-state index contributed by atoms with van der Waals surface area (Å²) in [6, 6.07) is 18.1. The molecule has 0 N–H and O–H groups in total. The highest BCUT2D eigenvalue weighted by atomic mass is 32.2. The van der Waals surface area contributed by atoms with E-state index in [0.29, 0.717) is 5.75 Å². The Morgan fingerprint density at radius 3 is 2.68 bits per heavy atom. The standard InChI is InChI=1S/C16H11N7S2/c1-2-6-11(7-3-1)23-14(17-20-21-23)10-24-15-18-19-16-22(15)12-8-4-5-9-13(12)25-16/h1-9H,10H2. The maximum atomic E-state index is 4.32. The Balaban J connectivity index is 1.48. The van der Waals surface area contributed by atoms with E-state index in [4.69, 9.17) is 0 Å². The van der Waals surface area contributed by atoms with Crippen LogP contribution in [0, 0.1) is 0 Å². The van der Waals surface area contributed by atoms with Gasteiger partial charge in [0.15, 0.2) is 11.0 Å². The predicted octanol–water partition coefficient (Wildman–Crippen LogP) is 3.21. The highest BCUT2D eigenvalue weighted by Crippen LogP contribution is 2.30. The number of thioether (sulfide) groups is 1. The van der Waals surface area contributed by atoms with Crippen LogP contribution in [0.1, 0.15) is 5.82 Å². The number of benzene rings is 2. The summed E-state index contributed by atoms with van der Waals surface area (Å²) in [7, 11) is 0. The summed E-state index contributed by atoms with van der Waals surface area (Å²) in [5, 5.41) is 21.5. The van der Waals surface area contributed by atoms with Crippen LogP contribution in [0.2, 0.25) is 0 Å². The lowest BCUT2D eigenvalue weighted by Crippen LogP contribution is -2.02. The first-order valence-electron chi connectivity index (χ1n) is 7.58. The largest absolute Gasteiger partial charge is 0.260 e. The van der Waals surface area contributed by atoms with E-state index in [1.807, 2.05) is 42.5 Å². The summed E-state index contributed by atoms with van der Waals surface area (Å²) in [6.07, 6.45) is 0. The predicted molar refractivity (Wildman–Crippen MR) is 97.1 cm³/mol. The molecule has 0 aliphatic carbocycles. The van der Waals surface area contributed by atoms with Crippen molar-refractivity contribution in [2.45, 2.75) is 10.9 Å². The SMILES string of the molecule is c1ccc(-n2nnnc2CSc2nnc3sc4ccccc4n23)cc1. The second-order valence-electron chi connectivity index (χ2n) is 5.30. The zero-order valence-electron chi connectivity index (χ0n) is 12.9. The van der Waals surface area contributed by atoms with Gasteiger partial charge in [0.1, 0.15) is 0 Å². The highest BCUT2D eigenvalue weighted by Gasteiger charge is 2.15. The number of aromatic nitrogens is 7. The molecule has 0 saturated carbocycles. The lowest BCUT2D eigenvalue weighted by molar-refractivity contribution is 0.777. The molecule has 122 valence electrons. The van der Waals surface area contributed by atoms with Crippen LogP contribution in [-0.4, -0.2) is 34.8 Å². The van der Waals surface area contributed by atoms with Crippen LogP contribution >= 0.6 is 23.1 Å². The van der Waals surface area contributed by atoms with Crippen LogP contribution in [0.5, 0.6) is 0 Å². The van der Waals surface area contributed by atoms with E-state index in [9.17, 15) is 0 Å². The van der Waals surface area contributed by atoms with Gasteiger partial charge in [0, 0.05) is 0 Å². The number of rotatable bonds is 4. The molecular formula is C16H11N7S2. The Hall–Kier alpha value is -2.78. The Morgan fingerprint density at radius 2 is 1.76 bits per heavy atom. The molecule has 0 spiro atoms. The van der Waals surface area contributed by atoms with E-state index in [2.05, 4.69) is 42.3 Å². The summed E-state index contributed by atoms with van der Waals surface area (Å²) in [5.41, 5.74) is 2.06. The summed E-state index contributed by atoms with van der Waals surface area (Å²) in [5.74, 6) is 1.37. The molecule has 0 aliphatic heterocycles. The number of para-hydroxylation sites is 2. The first kappa shape index (κ1) is 14.6. The highest BCUT2D eigenvalue weighted by molar-refractivity contribution is 7.98. The van der Waals surface area contributed by atoms with Crippen LogP contribution < -0.4 is 0 Å². The normalized spacial score (nSPS) is 11.5. The van der Waals surface area contributed by atoms with Crippen LogP contribution in [0.15, 0.2) is 59.8 Å². The number of fused-ring (bicyclic) bond motifs is 3. The van der Waals surface area contributed by atoms with E-state index in [1.54, 1.807) is 27.8 Å². The van der Waals surface area contributed by atoms with Crippen molar-refractivity contribution < 1.29 is 0 Å². The molecule has 0 atom stereocenters. The van der Waals surface area contributed by atoms with Gasteiger partial charge < -0.3 is 0 Å². The fraction of sp³-hybridized carbons (Fsp3) is 0.0625. The number of nitrogens with zero attached hydrogens (tertiary/aromatic N) is 7. The first-order chi connectivity index (χ1) is 12.4. The number of thiazole rings is 1. The number of hydrogen-bond donors (Lipinski definition) is 0. The van der Waals surface area contributed by atoms with Crippen molar-refractivity contribution in [1.82, 2.24) is 34.8 Å². The molecule has 0 aliphatic rings. The molecule has 25 heavy (non-hydrogen) atoms. The molecule has 9 heteroatoms. The summed E-state index contributed by atoms with van der Waals surface area (Å²) in [6.45, 7) is 0. The zero-order chi connectivity index (χ0) is 16.6. The Labute approximate surface area is 150 Å². The van der Waals surface area contributed by atoms with Gasteiger partial charge in [0.05, 0.1) is 21.7 Å². The minimum absolute atomic E-state index is 0.604. The van der Waals surface area contributed by atoms with Gasteiger partial charge >= 0.3 is 0 Å². The fourth-order valence-corrected chi connectivity index (χ4v) is 4.52. The molecule has 0 saturated heterocycles. The molecular weight excluding hydrogens is 354 g/mol. The minimum Gasteiger partial charge on any atom is -0.260 e. The van der Waals surface area contributed by atoms with Gasteiger partial charge in [-0.05, 0) is 34.7 Å². The summed E-state index contributed by atoms with van der Waals surface area (Å²) >= 11 is 3.21. The van der Waals surface area contributed by atoms with E-state index in [-0.39, 0.29) is 0 Å². The second kappa shape index (κ2) is 5.94. The monoisotopic (exact) mass is 365 g/mol. The molecule has 0 radical (unpaired) electrons. The van der Waals surface area contributed by atoms with Crippen molar-refractivity contribution in [3.05, 3.63) is 60.4 Å². The van der Waals surface area contributed by atoms with Gasteiger partial charge in [0.25, 0.3) is 0 Å². The van der Waals surface area contributed by atoms with E-state index < -0.39 is 0 Å².